The average molecular weight is 342 g/mol. The van der Waals surface area contributed by atoms with Crippen LogP contribution in [0.3, 0.4) is 0 Å². The molecular weight excluding hydrogens is 320 g/mol. The first-order valence-corrected chi connectivity index (χ1v) is 8.17. The van der Waals surface area contributed by atoms with Crippen LogP contribution in [0.15, 0.2) is 41.0 Å². The molecule has 0 radical (unpaired) electrons. The number of nitrogens with zero attached hydrogens (tertiary/aromatic N) is 1. The van der Waals surface area contributed by atoms with Crippen LogP contribution in [0.4, 0.5) is 0 Å². The van der Waals surface area contributed by atoms with E-state index in [9.17, 15) is 9.90 Å². The molecule has 6 nitrogen and oxygen atoms in total. The first kappa shape index (κ1) is 18.6. The molecule has 1 aromatic heterocycles. The predicted molar refractivity (Wildman–Crippen MR) is 92.0 cm³/mol. The van der Waals surface area contributed by atoms with Gasteiger partial charge in [-0.1, -0.05) is 19.9 Å². The molecular formula is C19H22N2O4. The Bertz CT molecular complexity index is 746. The minimum absolute atomic E-state index is 0.147. The summed E-state index contributed by atoms with van der Waals surface area (Å²) >= 11 is 0. The number of amides is 1. The van der Waals surface area contributed by atoms with Gasteiger partial charge in [0, 0.05) is 12.1 Å². The van der Waals surface area contributed by atoms with Crippen molar-refractivity contribution in [2.24, 2.45) is 5.92 Å². The summed E-state index contributed by atoms with van der Waals surface area (Å²) in [5, 5.41) is 21.4. The first-order chi connectivity index (χ1) is 12.0. The molecule has 1 aromatic carbocycles. The molecule has 1 unspecified atom stereocenters. The SMILES string of the molecule is CC(C)C(O)CCNC(=O)c1occc1COc1cccc(C#N)c1. The number of carbonyl (C=O) groups excluding carboxylic acids is 1. The fourth-order valence-corrected chi connectivity index (χ4v) is 2.21. The Morgan fingerprint density at radius 3 is 2.92 bits per heavy atom. The van der Waals surface area contributed by atoms with Crippen LogP contribution in [-0.2, 0) is 6.61 Å². The van der Waals surface area contributed by atoms with Crippen molar-refractivity contribution in [3.05, 3.63) is 53.5 Å². The Morgan fingerprint density at radius 2 is 2.20 bits per heavy atom. The smallest absolute Gasteiger partial charge is 0.287 e. The second-order valence-corrected chi connectivity index (χ2v) is 6.06. The quantitative estimate of drug-likeness (QED) is 0.769. The molecule has 0 aliphatic rings. The number of aliphatic hydroxyl groups is 1. The molecule has 2 aromatic rings. The molecule has 1 amide bonds. The Labute approximate surface area is 147 Å². The lowest BCUT2D eigenvalue weighted by Gasteiger charge is -2.14. The Morgan fingerprint density at radius 1 is 1.40 bits per heavy atom. The molecule has 0 fully saturated rings. The standard InChI is InChI=1S/C19H22N2O4/c1-13(2)17(22)6-8-21-19(23)18-15(7-9-24-18)12-25-16-5-3-4-14(10-16)11-20/h3-5,7,9-10,13,17,22H,6,8,12H2,1-2H3,(H,21,23). The Hall–Kier alpha value is -2.78. The maximum atomic E-state index is 12.2. The van der Waals surface area contributed by atoms with Crippen molar-refractivity contribution >= 4 is 5.91 Å². The molecule has 2 N–H and O–H groups in total. The summed E-state index contributed by atoms with van der Waals surface area (Å²) in [6, 6.07) is 10.5. The van der Waals surface area contributed by atoms with Gasteiger partial charge in [-0.2, -0.15) is 5.26 Å². The first-order valence-electron chi connectivity index (χ1n) is 8.17. The number of nitriles is 1. The van der Waals surface area contributed by atoms with E-state index in [2.05, 4.69) is 5.32 Å². The second-order valence-electron chi connectivity index (χ2n) is 6.06. The summed E-state index contributed by atoms with van der Waals surface area (Å²) in [4.78, 5) is 12.2. The topological polar surface area (TPSA) is 95.5 Å². The summed E-state index contributed by atoms with van der Waals surface area (Å²) in [5.41, 5.74) is 1.12. The van der Waals surface area contributed by atoms with Crippen molar-refractivity contribution in [1.29, 1.82) is 5.26 Å². The third-order valence-electron chi connectivity index (χ3n) is 3.81. The van der Waals surface area contributed by atoms with Crippen LogP contribution in [-0.4, -0.2) is 23.7 Å². The molecule has 132 valence electrons. The van der Waals surface area contributed by atoms with Crippen LogP contribution in [0.5, 0.6) is 5.75 Å². The monoisotopic (exact) mass is 342 g/mol. The summed E-state index contributed by atoms with van der Waals surface area (Å²) in [6.45, 7) is 4.37. The van der Waals surface area contributed by atoms with E-state index in [1.54, 1.807) is 30.3 Å². The fourth-order valence-electron chi connectivity index (χ4n) is 2.21. The van der Waals surface area contributed by atoms with Gasteiger partial charge in [0.25, 0.3) is 5.91 Å². The van der Waals surface area contributed by atoms with Gasteiger partial charge in [0.2, 0.25) is 0 Å². The van der Waals surface area contributed by atoms with Gasteiger partial charge >= 0.3 is 0 Å². The number of nitrogens with one attached hydrogen (secondary N) is 1. The van der Waals surface area contributed by atoms with E-state index in [0.29, 0.717) is 29.8 Å². The van der Waals surface area contributed by atoms with Crippen LogP contribution < -0.4 is 10.1 Å². The van der Waals surface area contributed by atoms with Gasteiger partial charge < -0.3 is 19.6 Å². The molecule has 0 saturated carbocycles. The lowest BCUT2D eigenvalue weighted by molar-refractivity contribution is 0.0891. The van der Waals surface area contributed by atoms with Crippen molar-refractivity contribution in [2.45, 2.75) is 33.0 Å². The molecule has 2 rings (SSSR count). The number of hydrogen-bond donors (Lipinski definition) is 2. The van der Waals surface area contributed by atoms with Gasteiger partial charge in [-0.05, 0) is 36.6 Å². The number of aliphatic hydroxyl groups excluding tert-OH is 1. The van der Waals surface area contributed by atoms with E-state index in [1.165, 1.54) is 6.26 Å². The normalized spacial score (nSPS) is 11.8. The Balaban J connectivity index is 1.91. The predicted octanol–water partition coefficient (Wildman–Crippen LogP) is 2.87. The zero-order valence-corrected chi connectivity index (χ0v) is 14.4. The number of rotatable bonds is 8. The number of benzene rings is 1. The number of carbonyl (C=O) groups is 1. The lowest BCUT2D eigenvalue weighted by atomic mass is 10.0. The molecule has 6 heteroatoms. The van der Waals surface area contributed by atoms with Gasteiger partial charge in [0.1, 0.15) is 12.4 Å². The minimum atomic E-state index is -0.452. The van der Waals surface area contributed by atoms with Crippen LogP contribution in [0.1, 0.15) is 41.9 Å². The maximum Gasteiger partial charge on any atom is 0.287 e. The van der Waals surface area contributed by atoms with E-state index in [-0.39, 0.29) is 24.2 Å². The van der Waals surface area contributed by atoms with E-state index in [4.69, 9.17) is 14.4 Å². The molecule has 0 bridgehead atoms. The summed E-state index contributed by atoms with van der Waals surface area (Å²) in [6.07, 6.45) is 1.46. The number of ether oxygens (including phenoxy) is 1. The van der Waals surface area contributed by atoms with Gasteiger partial charge in [-0.15, -0.1) is 0 Å². The molecule has 1 atom stereocenters. The van der Waals surface area contributed by atoms with Gasteiger partial charge in [-0.3, -0.25) is 4.79 Å². The third-order valence-corrected chi connectivity index (χ3v) is 3.81. The van der Waals surface area contributed by atoms with Crippen molar-refractivity contribution in [3.8, 4) is 11.8 Å². The molecule has 25 heavy (non-hydrogen) atoms. The van der Waals surface area contributed by atoms with E-state index < -0.39 is 6.10 Å². The molecule has 0 aliphatic heterocycles. The van der Waals surface area contributed by atoms with Crippen LogP contribution in [0.2, 0.25) is 0 Å². The van der Waals surface area contributed by atoms with Crippen molar-refractivity contribution in [3.63, 3.8) is 0 Å². The van der Waals surface area contributed by atoms with E-state index in [0.717, 1.165) is 0 Å². The van der Waals surface area contributed by atoms with Crippen LogP contribution >= 0.6 is 0 Å². The highest BCUT2D eigenvalue weighted by Crippen LogP contribution is 2.17. The molecule has 0 saturated heterocycles. The largest absolute Gasteiger partial charge is 0.489 e. The molecule has 0 spiro atoms. The number of furan rings is 1. The van der Waals surface area contributed by atoms with Crippen molar-refractivity contribution in [1.82, 2.24) is 5.32 Å². The summed E-state index contributed by atoms with van der Waals surface area (Å²) in [5.74, 6) is 0.543. The maximum absolute atomic E-state index is 12.2. The van der Waals surface area contributed by atoms with E-state index in [1.807, 2.05) is 19.9 Å². The summed E-state index contributed by atoms with van der Waals surface area (Å²) < 4.78 is 10.9. The lowest BCUT2D eigenvalue weighted by Crippen LogP contribution is -2.29. The minimum Gasteiger partial charge on any atom is -0.489 e. The second kappa shape index (κ2) is 8.90. The van der Waals surface area contributed by atoms with Gasteiger partial charge in [0.15, 0.2) is 5.76 Å². The van der Waals surface area contributed by atoms with Gasteiger partial charge in [0.05, 0.1) is 24.0 Å². The highest BCUT2D eigenvalue weighted by molar-refractivity contribution is 5.92. The zero-order chi connectivity index (χ0) is 18.2. The van der Waals surface area contributed by atoms with Crippen LogP contribution in [0.25, 0.3) is 0 Å². The van der Waals surface area contributed by atoms with Crippen LogP contribution in [0, 0.1) is 17.2 Å². The third kappa shape index (κ3) is 5.37. The molecule has 0 aliphatic carbocycles. The number of hydrogen-bond acceptors (Lipinski definition) is 5. The molecule has 1 heterocycles. The highest BCUT2D eigenvalue weighted by Gasteiger charge is 2.16. The highest BCUT2D eigenvalue weighted by atomic mass is 16.5. The van der Waals surface area contributed by atoms with Gasteiger partial charge in [-0.25, -0.2) is 0 Å². The van der Waals surface area contributed by atoms with E-state index >= 15 is 0 Å². The summed E-state index contributed by atoms with van der Waals surface area (Å²) in [7, 11) is 0. The fraction of sp³-hybridized carbons (Fsp3) is 0.368. The Kier molecular flexibility index (Phi) is 6.61. The van der Waals surface area contributed by atoms with Crippen molar-refractivity contribution < 1.29 is 19.1 Å². The van der Waals surface area contributed by atoms with Crippen molar-refractivity contribution in [2.75, 3.05) is 6.54 Å². The zero-order valence-electron chi connectivity index (χ0n) is 14.4. The average Bonchev–Trinajstić information content (AvgIpc) is 3.08.